The summed E-state index contributed by atoms with van der Waals surface area (Å²) in [6, 6.07) is 20.6. The second kappa shape index (κ2) is 12.2. The molecule has 3 rings (SSSR count). The first kappa shape index (κ1) is 25.3. The predicted molar refractivity (Wildman–Crippen MR) is 135 cm³/mol. The lowest BCUT2D eigenvalue weighted by Crippen LogP contribution is -2.44. The molecule has 3 amide bonds. The van der Waals surface area contributed by atoms with Gasteiger partial charge in [-0.15, -0.1) is 0 Å². The number of hydrogen-bond donors (Lipinski definition) is 3. The van der Waals surface area contributed by atoms with Gasteiger partial charge in [0.25, 0.3) is 5.91 Å². The van der Waals surface area contributed by atoms with E-state index in [1.54, 1.807) is 31.2 Å². The number of benzene rings is 3. The third-order valence-electron chi connectivity index (χ3n) is 4.86. The van der Waals surface area contributed by atoms with Gasteiger partial charge in [-0.2, -0.15) is 0 Å². The number of ether oxygens (including phenoxy) is 1. The molecule has 0 radical (unpaired) electrons. The highest BCUT2D eigenvalue weighted by Gasteiger charge is 2.11. The summed E-state index contributed by atoms with van der Waals surface area (Å²) >= 11 is 9.48. The van der Waals surface area contributed by atoms with Crippen molar-refractivity contribution in [1.29, 1.82) is 0 Å². The fourth-order valence-electron chi connectivity index (χ4n) is 2.99. The van der Waals surface area contributed by atoms with E-state index in [4.69, 9.17) is 16.3 Å². The average molecular weight is 545 g/mol. The van der Waals surface area contributed by atoms with Crippen LogP contribution in [0.3, 0.4) is 0 Å². The maximum Gasteiger partial charge on any atom is 0.276 e. The number of carbonyl (C=O) groups excluding carboxylic acids is 3. The Morgan fingerprint density at radius 3 is 2.29 bits per heavy atom. The van der Waals surface area contributed by atoms with E-state index in [0.29, 0.717) is 20.9 Å². The number of carbonyl (C=O) groups is 3. The number of anilines is 1. The van der Waals surface area contributed by atoms with Gasteiger partial charge in [0.05, 0.1) is 4.47 Å². The summed E-state index contributed by atoms with van der Waals surface area (Å²) in [7, 11) is 0. The van der Waals surface area contributed by atoms with Crippen LogP contribution in [0.5, 0.6) is 5.75 Å². The maximum atomic E-state index is 12.1. The van der Waals surface area contributed by atoms with Crippen LogP contribution in [0.2, 0.25) is 5.02 Å². The number of hydrazine groups is 1. The fraction of sp³-hybridized carbons (Fsp3) is 0.160. The molecule has 0 saturated heterocycles. The lowest BCUT2D eigenvalue weighted by molar-refractivity contribution is -0.130. The Labute approximate surface area is 210 Å². The van der Waals surface area contributed by atoms with E-state index in [1.165, 1.54) is 0 Å². The summed E-state index contributed by atoms with van der Waals surface area (Å²) in [6.45, 7) is 1.50. The fourth-order valence-corrected chi connectivity index (χ4v) is 3.66. The number of hydrogen-bond acceptors (Lipinski definition) is 4. The third-order valence-corrected chi connectivity index (χ3v) is 5.89. The van der Waals surface area contributed by atoms with Gasteiger partial charge in [0.2, 0.25) is 11.8 Å². The van der Waals surface area contributed by atoms with Gasteiger partial charge in [0.15, 0.2) is 6.61 Å². The van der Waals surface area contributed by atoms with Gasteiger partial charge in [-0.3, -0.25) is 25.2 Å². The smallest absolute Gasteiger partial charge is 0.276 e. The number of rotatable bonds is 8. The summed E-state index contributed by atoms with van der Waals surface area (Å²) in [5.74, 6) is -0.876. The van der Waals surface area contributed by atoms with Crippen molar-refractivity contribution >= 4 is 50.9 Å². The molecule has 34 heavy (non-hydrogen) atoms. The zero-order chi connectivity index (χ0) is 24.5. The molecule has 0 heterocycles. The Morgan fingerprint density at radius 1 is 0.853 bits per heavy atom. The van der Waals surface area contributed by atoms with Gasteiger partial charge >= 0.3 is 0 Å². The van der Waals surface area contributed by atoms with Crippen molar-refractivity contribution in [3.05, 3.63) is 81.8 Å². The summed E-state index contributed by atoms with van der Waals surface area (Å²) in [6.07, 6.45) is -0.149. The Kier molecular flexibility index (Phi) is 9.07. The Balaban J connectivity index is 1.39. The topological polar surface area (TPSA) is 96.5 Å². The zero-order valence-corrected chi connectivity index (χ0v) is 20.7. The second-order valence-corrected chi connectivity index (χ2v) is 8.62. The lowest BCUT2D eigenvalue weighted by Gasteiger charge is -2.11. The molecule has 0 atom stereocenters. The zero-order valence-electron chi connectivity index (χ0n) is 18.4. The predicted octanol–water partition coefficient (Wildman–Crippen LogP) is 5.02. The molecule has 0 spiro atoms. The minimum atomic E-state index is -0.536. The van der Waals surface area contributed by atoms with Crippen LogP contribution < -0.4 is 20.9 Å². The molecule has 0 aliphatic heterocycles. The number of nitrogens with one attached hydrogen (secondary N) is 3. The summed E-state index contributed by atoms with van der Waals surface area (Å²) in [5, 5.41) is 3.26. The molecular weight excluding hydrogens is 522 g/mol. The number of halogens is 2. The summed E-state index contributed by atoms with van der Waals surface area (Å²) < 4.78 is 6.22. The average Bonchev–Trinajstić information content (AvgIpc) is 2.84. The van der Waals surface area contributed by atoms with Gasteiger partial charge in [-0.1, -0.05) is 54.1 Å². The molecule has 0 unspecified atom stereocenters. The van der Waals surface area contributed by atoms with E-state index in [9.17, 15) is 14.4 Å². The third kappa shape index (κ3) is 7.33. The van der Waals surface area contributed by atoms with Crippen molar-refractivity contribution in [3.63, 3.8) is 0 Å². The molecule has 0 bridgehead atoms. The van der Waals surface area contributed by atoms with Gasteiger partial charge in [-0.25, -0.2) is 0 Å². The molecule has 3 N–H and O–H groups in total. The minimum absolute atomic E-state index is 0.0507. The van der Waals surface area contributed by atoms with Crippen molar-refractivity contribution < 1.29 is 19.1 Å². The van der Waals surface area contributed by atoms with E-state index in [2.05, 4.69) is 32.1 Å². The first-order valence-corrected chi connectivity index (χ1v) is 11.6. The van der Waals surface area contributed by atoms with E-state index in [1.807, 2.05) is 42.5 Å². The van der Waals surface area contributed by atoms with E-state index in [0.717, 1.165) is 16.7 Å². The van der Waals surface area contributed by atoms with Gasteiger partial charge in [0.1, 0.15) is 5.75 Å². The highest BCUT2D eigenvalue weighted by molar-refractivity contribution is 9.10. The van der Waals surface area contributed by atoms with Crippen LogP contribution in [0.15, 0.2) is 71.2 Å². The van der Waals surface area contributed by atoms with Gasteiger partial charge < -0.3 is 10.1 Å². The maximum absolute atomic E-state index is 12.1. The van der Waals surface area contributed by atoms with Gasteiger partial charge in [-0.05, 0) is 63.8 Å². The molecule has 0 aliphatic rings. The van der Waals surface area contributed by atoms with Crippen molar-refractivity contribution in [2.45, 2.75) is 19.8 Å². The van der Waals surface area contributed by atoms with Crippen LogP contribution in [-0.4, -0.2) is 24.3 Å². The molecule has 0 aliphatic carbocycles. The molecule has 9 heteroatoms. The van der Waals surface area contributed by atoms with Crippen molar-refractivity contribution in [3.8, 4) is 16.9 Å². The number of amides is 3. The molecule has 3 aromatic rings. The van der Waals surface area contributed by atoms with E-state index >= 15 is 0 Å². The van der Waals surface area contributed by atoms with E-state index in [-0.39, 0.29) is 25.4 Å². The SMILES string of the molecule is Cc1c(Cl)cccc1NC(=O)CCC(=O)NNC(=O)COc1ccc(-c2ccccc2)cc1Br. The molecule has 3 aromatic carbocycles. The van der Waals surface area contributed by atoms with Crippen LogP contribution in [0, 0.1) is 6.92 Å². The quantitative estimate of drug-likeness (QED) is 0.347. The largest absolute Gasteiger partial charge is 0.483 e. The standard InChI is InChI=1S/C25H23BrClN3O4/c1-16-20(27)8-5-9-21(16)28-23(31)12-13-24(32)29-30-25(33)15-34-22-11-10-18(14-19(22)26)17-6-3-2-4-7-17/h2-11,14H,12-13,15H2,1H3,(H,28,31)(H,29,32)(H,30,33). The van der Waals surface area contributed by atoms with E-state index < -0.39 is 11.8 Å². The Morgan fingerprint density at radius 2 is 1.56 bits per heavy atom. The van der Waals surface area contributed by atoms with Crippen molar-refractivity contribution in [2.75, 3.05) is 11.9 Å². The monoisotopic (exact) mass is 543 g/mol. The molecule has 0 fully saturated rings. The molecule has 0 aromatic heterocycles. The minimum Gasteiger partial charge on any atom is -0.483 e. The lowest BCUT2D eigenvalue weighted by atomic mass is 10.1. The molecule has 7 nitrogen and oxygen atoms in total. The Bertz CT molecular complexity index is 1190. The molecular formula is C25H23BrClN3O4. The highest BCUT2D eigenvalue weighted by atomic mass is 79.9. The van der Waals surface area contributed by atoms with Crippen LogP contribution in [0.25, 0.3) is 11.1 Å². The Hall–Kier alpha value is -3.36. The van der Waals surface area contributed by atoms with Gasteiger partial charge in [0, 0.05) is 23.6 Å². The summed E-state index contributed by atoms with van der Waals surface area (Å²) in [5.41, 5.74) is 7.95. The second-order valence-electron chi connectivity index (χ2n) is 7.36. The highest BCUT2D eigenvalue weighted by Crippen LogP contribution is 2.30. The summed E-state index contributed by atoms with van der Waals surface area (Å²) in [4.78, 5) is 36.0. The van der Waals surface area contributed by atoms with Crippen LogP contribution >= 0.6 is 27.5 Å². The molecule has 0 saturated carbocycles. The molecule has 176 valence electrons. The first-order chi connectivity index (χ1) is 16.3. The van der Waals surface area contributed by atoms with Crippen LogP contribution in [0.4, 0.5) is 5.69 Å². The van der Waals surface area contributed by atoms with Crippen LogP contribution in [0.1, 0.15) is 18.4 Å². The van der Waals surface area contributed by atoms with Crippen molar-refractivity contribution in [2.24, 2.45) is 0 Å². The van der Waals surface area contributed by atoms with Crippen LogP contribution in [-0.2, 0) is 14.4 Å². The normalized spacial score (nSPS) is 10.3. The first-order valence-electron chi connectivity index (χ1n) is 10.4. The van der Waals surface area contributed by atoms with Crippen molar-refractivity contribution in [1.82, 2.24) is 10.9 Å².